The van der Waals surface area contributed by atoms with Gasteiger partial charge in [0.25, 0.3) is 22.2 Å². The van der Waals surface area contributed by atoms with E-state index in [9.17, 15) is 74.6 Å². The largest absolute Gasteiger partial charge is 0.490 e. The first-order chi connectivity index (χ1) is 59.0. The van der Waals surface area contributed by atoms with Crippen LogP contribution >= 0.6 is 11.6 Å². The molecule has 3 aromatic carbocycles. The van der Waals surface area contributed by atoms with Crippen molar-refractivity contribution < 1.29 is 75.1 Å². The lowest BCUT2D eigenvalue weighted by atomic mass is 9.97. The number of ether oxygens (including phenoxy) is 2. The monoisotopic (exact) mass is 1760 g/mol. The Bertz CT molecular complexity index is 6300. The first kappa shape index (κ1) is 96.5. The highest BCUT2D eigenvalue weighted by Gasteiger charge is 2.39. The second kappa shape index (κ2) is 42.7. The Balaban J connectivity index is 0.000000198. The van der Waals surface area contributed by atoms with Gasteiger partial charge in [-0.15, -0.1) is 17.8 Å². The number of esters is 2. The summed E-state index contributed by atoms with van der Waals surface area (Å²) in [5.74, 6) is 10.6. The first-order valence-electron chi connectivity index (χ1n) is 38.4. The summed E-state index contributed by atoms with van der Waals surface area (Å²) >= 11 is 6.27. The Labute approximate surface area is 712 Å². The molecule has 0 unspecified atom stereocenters. The fourth-order valence-corrected chi connectivity index (χ4v) is 12.3. The van der Waals surface area contributed by atoms with Crippen molar-refractivity contribution in [3.63, 3.8) is 0 Å². The molecule has 13 rings (SSSR count). The van der Waals surface area contributed by atoms with E-state index >= 15 is 0 Å². The van der Waals surface area contributed by atoms with Crippen LogP contribution in [-0.2, 0) is 108 Å². The van der Waals surface area contributed by atoms with Crippen LogP contribution in [0.25, 0.3) is 44.7 Å². The quantitative estimate of drug-likeness (QED) is 0.0280. The van der Waals surface area contributed by atoms with E-state index in [1.165, 1.54) is 31.6 Å². The van der Waals surface area contributed by atoms with Gasteiger partial charge in [-0.3, -0.25) is 56.2 Å². The highest BCUT2D eigenvalue weighted by atomic mass is 35.5. The molecule has 0 spiro atoms. The zero-order chi connectivity index (χ0) is 92.0. The molecule has 0 radical (unpaired) electrons. The maximum Gasteiger partial charge on any atom is 0.490 e. The SMILES string of the molecule is CC#CCn1c(Cl)nc2c1c(=O)n(CCc1ccccc1)c(=O)n2COC(=O)C(C)(C)C.CC#CCn1c(N2CCNCC2)nc2nc(C(=O)O)n(C)c(=O)c21.CC#CCn1c(N2CCNCC2)nc2ncn(C)c(=O)c21.CC(C)(C)C(=O)OCn1c(=O)n(CCc2ccccc2)c(=O)c2c1ncn2Cc1ccccc1.O=C(O)C(F)(F)F.O=C(O)C(F)(F)F. The van der Waals surface area contributed by atoms with E-state index in [1.807, 2.05) is 95.6 Å². The second-order valence-electron chi connectivity index (χ2n) is 29.6. The predicted octanol–water partition coefficient (Wildman–Crippen LogP) is 6.11. The van der Waals surface area contributed by atoms with Crippen LogP contribution in [0, 0.1) is 46.4 Å². The number of imidazole rings is 4. The van der Waals surface area contributed by atoms with Crippen LogP contribution in [0.5, 0.6) is 0 Å². The van der Waals surface area contributed by atoms with E-state index in [0.29, 0.717) is 55.1 Å². The number of carboxylic acids is 3. The van der Waals surface area contributed by atoms with E-state index in [1.54, 1.807) is 84.8 Å². The summed E-state index contributed by atoms with van der Waals surface area (Å²) in [5, 5.41) is 30.1. The fraction of sp³-hybridized carbons (Fsp3) is 0.402. The van der Waals surface area contributed by atoms with Gasteiger partial charge in [0.05, 0.1) is 43.1 Å². The average molecular weight is 1760 g/mol. The molecule has 10 heterocycles. The number of aromatic carboxylic acids is 1. The van der Waals surface area contributed by atoms with Gasteiger partial charge in [0.15, 0.2) is 58.1 Å². The van der Waals surface area contributed by atoms with E-state index in [0.717, 1.165) is 88.7 Å². The van der Waals surface area contributed by atoms with Crippen LogP contribution in [0.4, 0.5) is 38.2 Å². The van der Waals surface area contributed by atoms with Gasteiger partial charge in [-0.25, -0.2) is 48.1 Å². The number of aryl methyl sites for hydroxylation is 3. The zero-order valence-electron chi connectivity index (χ0n) is 69.9. The number of piperazine rings is 2. The number of aromatic nitrogens is 16. The predicted molar refractivity (Wildman–Crippen MR) is 449 cm³/mol. The van der Waals surface area contributed by atoms with E-state index in [-0.39, 0.29) is 77.7 Å². The summed E-state index contributed by atoms with van der Waals surface area (Å²) in [6.07, 6.45) is -6.13. The second-order valence-corrected chi connectivity index (χ2v) is 29.9. The standard InChI is InChI=1S/C26H28N4O4.C23H25ClN4O4.C15H18N6O3.C14H18N6O.2C2HF3O2/c1-26(2,3)24(32)34-18-30-22-21(28(17-27-22)16-20-12-8-5-9-13-20)23(31)29(25(30)33)15-14-19-10-6-4-7-11-19;1-5-6-13-26-17-18(25-21(26)24)28(15-32-20(30)23(2,3)4)22(31)27(19(17)29)14-12-16-10-8-7-9-11-16;1-3-4-7-21-10-11(17-12(14(23)24)19(2)13(10)22)18-15(21)20-8-5-16-6-9-20;1-3-4-7-20-11-12(16-10-18(2)13(11)21)17-14(20)19-8-5-15-6-9-19;2*3-2(4,5)1(6)7/h4-13,17H,14-16,18H2,1-3H3;7-11H,12-15H2,1-4H3;16H,5-9H2,1-2H3,(H,23,24);10,15H,5-9H2,1-2H3;2*(H,6,7). The molecule has 125 heavy (non-hydrogen) atoms. The van der Waals surface area contributed by atoms with Gasteiger partial charge in [-0.1, -0.05) is 109 Å². The molecule has 11 aromatic rings. The Morgan fingerprint density at radius 3 is 1.27 bits per heavy atom. The number of carboxylic acid groups (broad SMARTS) is 3. The van der Waals surface area contributed by atoms with Crippen molar-refractivity contribution >= 4 is 98.0 Å². The number of carbonyl (C=O) groups is 5. The van der Waals surface area contributed by atoms with Crippen LogP contribution in [0.3, 0.4) is 0 Å². The van der Waals surface area contributed by atoms with Gasteiger partial charge in [-0.2, -0.15) is 41.3 Å². The summed E-state index contributed by atoms with van der Waals surface area (Å²) < 4.78 is 88.3. The van der Waals surface area contributed by atoms with E-state index in [2.05, 4.69) is 85.9 Å². The first-order valence-corrected chi connectivity index (χ1v) is 38.8. The number of rotatable bonds is 18. The number of halogens is 7. The average Bonchev–Trinajstić information content (AvgIpc) is 1.64. The van der Waals surface area contributed by atoms with Gasteiger partial charge >= 0.3 is 53.6 Å². The molecule has 664 valence electrons. The van der Waals surface area contributed by atoms with Crippen molar-refractivity contribution in [3.05, 3.63) is 194 Å². The highest BCUT2D eigenvalue weighted by molar-refractivity contribution is 6.29. The number of hydrogen-bond donors (Lipinski definition) is 5. The van der Waals surface area contributed by atoms with Crippen LogP contribution < -0.4 is 54.0 Å². The van der Waals surface area contributed by atoms with Crippen LogP contribution in [0.2, 0.25) is 5.28 Å². The number of nitrogens with one attached hydrogen (secondary N) is 2. The third-order valence-electron chi connectivity index (χ3n) is 18.5. The molecule has 0 aliphatic carbocycles. The number of benzene rings is 3. The molecule has 0 bridgehead atoms. The number of fused-ring (bicyclic) bond motifs is 4. The number of nitrogens with zero attached hydrogens (tertiary/aromatic N) is 18. The smallest absolute Gasteiger partial charge is 0.475 e. The fourth-order valence-electron chi connectivity index (χ4n) is 12.0. The van der Waals surface area contributed by atoms with E-state index < -0.39 is 81.1 Å². The molecule has 2 aliphatic rings. The minimum absolute atomic E-state index is 0.0240. The van der Waals surface area contributed by atoms with Gasteiger partial charge in [-0.05, 0) is 103 Å². The Hall–Kier alpha value is -13.9. The Kier molecular flexibility index (Phi) is 33.0. The van der Waals surface area contributed by atoms with Crippen molar-refractivity contribution in [3.8, 4) is 35.5 Å². The lowest BCUT2D eigenvalue weighted by Gasteiger charge is -2.28. The number of anilines is 2. The van der Waals surface area contributed by atoms with Gasteiger partial charge in [0, 0.05) is 86.1 Å². The molecular weight excluding hydrogens is 1670 g/mol. The van der Waals surface area contributed by atoms with Gasteiger partial charge < -0.3 is 54.4 Å². The van der Waals surface area contributed by atoms with Crippen molar-refractivity contribution in [2.45, 2.75) is 140 Å². The van der Waals surface area contributed by atoms with Crippen molar-refractivity contribution in [2.75, 3.05) is 62.2 Å². The third kappa shape index (κ3) is 24.7. The minimum Gasteiger partial charge on any atom is -0.475 e. The van der Waals surface area contributed by atoms with Crippen molar-refractivity contribution in [1.82, 2.24) is 86.2 Å². The lowest BCUT2D eigenvalue weighted by Crippen LogP contribution is -2.44. The molecule has 8 aromatic heterocycles. The van der Waals surface area contributed by atoms with Crippen molar-refractivity contribution in [2.24, 2.45) is 24.9 Å². The topological polar surface area (TPSA) is 424 Å². The number of carbonyl (C=O) groups excluding carboxylic acids is 2. The lowest BCUT2D eigenvalue weighted by molar-refractivity contribution is -0.193. The number of aliphatic carboxylic acids is 2. The molecule has 0 saturated carbocycles. The summed E-state index contributed by atoms with van der Waals surface area (Å²) in [4.78, 5) is 162. The van der Waals surface area contributed by atoms with Crippen molar-refractivity contribution in [1.29, 1.82) is 0 Å². The molecular formula is C82H91ClF6N20O16. The number of hydrogen-bond acceptors (Lipinski definition) is 23. The van der Waals surface area contributed by atoms with E-state index in [4.69, 9.17) is 40.9 Å². The Morgan fingerprint density at radius 2 is 0.864 bits per heavy atom. The normalized spacial score (nSPS) is 12.6. The van der Waals surface area contributed by atoms with Crippen LogP contribution in [0.15, 0.2) is 132 Å². The van der Waals surface area contributed by atoms with Crippen LogP contribution in [0.1, 0.15) is 89.6 Å². The molecule has 0 amide bonds. The summed E-state index contributed by atoms with van der Waals surface area (Å²) in [6.45, 7) is 23.2. The summed E-state index contributed by atoms with van der Waals surface area (Å²) in [5.41, 5.74) is 0.985. The molecule has 5 N–H and O–H groups in total. The Morgan fingerprint density at radius 1 is 0.472 bits per heavy atom. The molecule has 2 aliphatic heterocycles. The maximum atomic E-state index is 13.5. The van der Waals surface area contributed by atoms with Gasteiger partial charge in [0.1, 0.15) is 0 Å². The third-order valence-corrected chi connectivity index (χ3v) is 18.8. The molecule has 2 saturated heterocycles. The molecule has 2 fully saturated rings. The highest BCUT2D eigenvalue weighted by Crippen LogP contribution is 2.25. The summed E-state index contributed by atoms with van der Waals surface area (Å²) in [7, 11) is 3.09. The zero-order valence-corrected chi connectivity index (χ0v) is 70.6. The van der Waals surface area contributed by atoms with Crippen LogP contribution in [-0.4, -0.2) is 185 Å². The van der Waals surface area contributed by atoms with Gasteiger partial charge in [0.2, 0.25) is 23.0 Å². The summed E-state index contributed by atoms with van der Waals surface area (Å²) in [6, 6.07) is 28.9. The molecule has 0 atom stereocenters. The number of alkyl halides is 6. The molecule has 43 heteroatoms. The molecule has 36 nitrogen and oxygen atoms in total. The maximum absolute atomic E-state index is 13.5. The minimum atomic E-state index is -5.08.